The molecule has 4 atom stereocenters. The van der Waals surface area contributed by atoms with Crippen LogP contribution in [0.4, 0.5) is 10.5 Å². The smallest absolute Gasteiger partial charge is 0.411 e. The number of rotatable bonds is 8. The van der Waals surface area contributed by atoms with Gasteiger partial charge in [0, 0.05) is 37.3 Å². The van der Waals surface area contributed by atoms with Crippen molar-refractivity contribution in [3.63, 3.8) is 0 Å². The number of benzene rings is 2. The SMILES string of the molecule is C=CCOC(=O)Nc1cccc(C2OC(CN3CCC(O)C3)CC(c3ccc(CO)cc3)O2)c1. The Bertz CT molecular complexity index is 966. The van der Waals surface area contributed by atoms with E-state index in [1.165, 1.54) is 6.08 Å². The van der Waals surface area contributed by atoms with E-state index >= 15 is 0 Å². The summed E-state index contributed by atoms with van der Waals surface area (Å²) < 4.78 is 17.7. The Labute approximate surface area is 199 Å². The van der Waals surface area contributed by atoms with Gasteiger partial charge in [0.15, 0.2) is 6.29 Å². The lowest BCUT2D eigenvalue weighted by atomic mass is 9.99. The predicted octanol–water partition coefficient (Wildman–Crippen LogP) is 3.53. The van der Waals surface area contributed by atoms with Gasteiger partial charge in [-0.25, -0.2) is 4.79 Å². The third-order valence-electron chi connectivity index (χ3n) is 6.06. The van der Waals surface area contributed by atoms with E-state index in [9.17, 15) is 15.0 Å². The largest absolute Gasteiger partial charge is 0.445 e. The Kier molecular flexibility index (Phi) is 8.31. The summed E-state index contributed by atoms with van der Waals surface area (Å²) in [4.78, 5) is 14.2. The number of nitrogens with one attached hydrogen (secondary N) is 1. The standard InChI is InChI=1S/C26H32N2O6/c1-2-12-32-26(31)27-21-5-3-4-20(13-21)25-33-23(16-28-11-10-22(30)15-28)14-24(34-25)19-8-6-18(17-29)7-9-19/h2-9,13,22-25,29-30H,1,10-12,14-17H2,(H,27,31). The maximum Gasteiger partial charge on any atom is 0.411 e. The second-order valence-electron chi connectivity index (χ2n) is 8.69. The molecule has 0 saturated carbocycles. The van der Waals surface area contributed by atoms with Crippen molar-refractivity contribution in [3.8, 4) is 0 Å². The minimum absolute atomic E-state index is 0.00746. The predicted molar refractivity (Wildman–Crippen MR) is 127 cm³/mol. The van der Waals surface area contributed by atoms with E-state index in [0.29, 0.717) is 25.2 Å². The number of hydrogen-bond donors (Lipinski definition) is 3. The third-order valence-corrected chi connectivity index (χ3v) is 6.06. The Morgan fingerprint density at radius 2 is 2.03 bits per heavy atom. The fourth-order valence-electron chi connectivity index (χ4n) is 4.35. The molecular formula is C26H32N2O6. The van der Waals surface area contributed by atoms with Crippen LogP contribution in [-0.2, 0) is 20.8 Å². The zero-order chi connectivity index (χ0) is 23.9. The second kappa shape index (κ2) is 11.6. The van der Waals surface area contributed by atoms with Gasteiger partial charge in [0.05, 0.1) is 24.9 Å². The van der Waals surface area contributed by atoms with Crippen molar-refractivity contribution in [1.82, 2.24) is 4.90 Å². The van der Waals surface area contributed by atoms with Crippen LogP contribution in [0.5, 0.6) is 0 Å². The van der Waals surface area contributed by atoms with Crippen LogP contribution in [0.2, 0.25) is 0 Å². The summed E-state index contributed by atoms with van der Waals surface area (Å²) >= 11 is 0. The van der Waals surface area contributed by atoms with Crippen LogP contribution in [0.15, 0.2) is 61.2 Å². The molecule has 8 nitrogen and oxygen atoms in total. The van der Waals surface area contributed by atoms with Crippen molar-refractivity contribution in [2.45, 2.75) is 44.1 Å². The number of aliphatic hydroxyl groups excluding tert-OH is 2. The molecule has 2 heterocycles. The molecule has 8 heteroatoms. The van der Waals surface area contributed by atoms with Crippen LogP contribution in [-0.4, -0.2) is 59.7 Å². The molecule has 2 aliphatic rings. The maximum atomic E-state index is 11.9. The zero-order valence-corrected chi connectivity index (χ0v) is 19.1. The van der Waals surface area contributed by atoms with Gasteiger partial charge in [-0.3, -0.25) is 10.2 Å². The number of aliphatic hydroxyl groups is 2. The molecule has 0 bridgehead atoms. The number of ether oxygens (including phenoxy) is 3. The highest BCUT2D eigenvalue weighted by molar-refractivity contribution is 5.84. The van der Waals surface area contributed by atoms with Gasteiger partial charge in [-0.2, -0.15) is 0 Å². The first kappa shape index (κ1) is 24.4. The molecule has 0 spiro atoms. The van der Waals surface area contributed by atoms with Gasteiger partial charge in [-0.15, -0.1) is 0 Å². The average Bonchev–Trinajstić information content (AvgIpc) is 3.27. The zero-order valence-electron chi connectivity index (χ0n) is 19.1. The van der Waals surface area contributed by atoms with Crippen LogP contribution in [0, 0.1) is 0 Å². The Morgan fingerprint density at radius 3 is 2.74 bits per heavy atom. The quantitative estimate of drug-likeness (QED) is 0.510. The molecule has 2 aromatic carbocycles. The molecule has 2 saturated heterocycles. The summed E-state index contributed by atoms with van der Waals surface area (Å²) in [7, 11) is 0. The van der Waals surface area contributed by atoms with Gasteiger partial charge in [-0.05, 0) is 29.7 Å². The summed E-state index contributed by atoms with van der Waals surface area (Å²) in [6.45, 7) is 5.85. The minimum Gasteiger partial charge on any atom is -0.445 e. The first-order chi connectivity index (χ1) is 16.5. The number of anilines is 1. The van der Waals surface area contributed by atoms with Gasteiger partial charge in [0.2, 0.25) is 0 Å². The van der Waals surface area contributed by atoms with Crippen LogP contribution < -0.4 is 5.32 Å². The van der Waals surface area contributed by atoms with Crippen LogP contribution in [0.1, 0.15) is 41.9 Å². The second-order valence-corrected chi connectivity index (χ2v) is 8.69. The summed E-state index contributed by atoms with van der Waals surface area (Å²) in [6.07, 6.45) is 1.18. The van der Waals surface area contributed by atoms with Gasteiger partial charge in [0.25, 0.3) is 0 Å². The number of β-amino-alcohol motifs (C(OH)–C–C–N with tert-alkyl or cyclic N) is 1. The van der Waals surface area contributed by atoms with Gasteiger partial charge in [0.1, 0.15) is 6.61 Å². The van der Waals surface area contributed by atoms with E-state index in [-0.39, 0.29) is 31.5 Å². The average molecular weight is 469 g/mol. The highest BCUT2D eigenvalue weighted by Crippen LogP contribution is 2.38. The van der Waals surface area contributed by atoms with Crippen molar-refractivity contribution in [2.24, 2.45) is 0 Å². The number of nitrogens with zero attached hydrogens (tertiary/aromatic N) is 1. The van der Waals surface area contributed by atoms with E-state index < -0.39 is 12.4 Å². The molecule has 3 N–H and O–H groups in total. The fraction of sp³-hybridized carbons (Fsp3) is 0.423. The summed E-state index contributed by atoms with van der Waals surface area (Å²) in [5.41, 5.74) is 3.22. The number of likely N-dealkylation sites (tertiary alicyclic amines) is 1. The van der Waals surface area contributed by atoms with E-state index in [1.54, 1.807) is 6.07 Å². The van der Waals surface area contributed by atoms with Crippen molar-refractivity contribution < 1.29 is 29.2 Å². The highest BCUT2D eigenvalue weighted by Gasteiger charge is 2.34. The lowest BCUT2D eigenvalue weighted by Crippen LogP contribution is -2.38. The molecule has 2 aliphatic heterocycles. The van der Waals surface area contributed by atoms with Crippen molar-refractivity contribution in [2.75, 3.05) is 31.6 Å². The monoisotopic (exact) mass is 468 g/mol. The molecule has 2 fully saturated rings. The Hall–Kier alpha value is -2.75. The summed E-state index contributed by atoms with van der Waals surface area (Å²) in [6, 6.07) is 15.1. The third kappa shape index (κ3) is 6.43. The van der Waals surface area contributed by atoms with E-state index in [4.69, 9.17) is 14.2 Å². The maximum absolute atomic E-state index is 11.9. The van der Waals surface area contributed by atoms with Gasteiger partial charge in [-0.1, -0.05) is 49.1 Å². The Morgan fingerprint density at radius 1 is 1.21 bits per heavy atom. The first-order valence-electron chi connectivity index (χ1n) is 11.6. The molecule has 0 aromatic heterocycles. The van der Waals surface area contributed by atoms with E-state index in [1.807, 2.05) is 42.5 Å². The minimum atomic E-state index is -0.625. The van der Waals surface area contributed by atoms with Gasteiger partial charge >= 0.3 is 6.09 Å². The molecule has 2 aromatic rings. The normalized spacial score (nSPS) is 25.1. The molecule has 34 heavy (non-hydrogen) atoms. The van der Waals surface area contributed by atoms with Crippen molar-refractivity contribution in [1.29, 1.82) is 0 Å². The summed E-state index contributed by atoms with van der Waals surface area (Å²) in [5, 5.41) is 22.0. The summed E-state index contributed by atoms with van der Waals surface area (Å²) in [5.74, 6) is 0. The molecule has 4 rings (SSSR count). The topological polar surface area (TPSA) is 100 Å². The molecular weight excluding hydrogens is 436 g/mol. The van der Waals surface area contributed by atoms with Crippen LogP contribution in [0.25, 0.3) is 0 Å². The Balaban J connectivity index is 1.51. The van der Waals surface area contributed by atoms with Crippen molar-refractivity contribution >= 4 is 11.8 Å². The number of amides is 1. The molecule has 1 amide bonds. The molecule has 4 unspecified atom stereocenters. The number of carbonyl (C=O) groups excluding carboxylic acids is 1. The number of carbonyl (C=O) groups is 1. The van der Waals surface area contributed by atoms with Crippen molar-refractivity contribution in [3.05, 3.63) is 77.9 Å². The fourth-order valence-corrected chi connectivity index (χ4v) is 4.35. The molecule has 182 valence electrons. The van der Waals surface area contributed by atoms with E-state index in [0.717, 1.165) is 29.7 Å². The van der Waals surface area contributed by atoms with Gasteiger partial charge < -0.3 is 24.4 Å². The lowest BCUT2D eigenvalue weighted by molar-refractivity contribution is -0.252. The van der Waals surface area contributed by atoms with E-state index in [2.05, 4.69) is 16.8 Å². The lowest BCUT2D eigenvalue weighted by Gasteiger charge is -2.38. The van der Waals surface area contributed by atoms with Crippen LogP contribution in [0.3, 0.4) is 0 Å². The molecule has 0 radical (unpaired) electrons. The highest BCUT2D eigenvalue weighted by atomic mass is 16.7. The molecule has 0 aliphatic carbocycles. The number of hydrogen-bond acceptors (Lipinski definition) is 7. The van der Waals surface area contributed by atoms with Crippen LogP contribution >= 0.6 is 0 Å². The first-order valence-corrected chi connectivity index (χ1v) is 11.6.